The van der Waals surface area contributed by atoms with Crippen LogP contribution >= 0.6 is 0 Å². The molecule has 2 aliphatic rings. The van der Waals surface area contributed by atoms with Gasteiger partial charge in [0.1, 0.15) is 12.4 Å². The summed E-state index contributed by atoms with van der Waals surface area (Å²) >= 11 is 0. The number of carbonyl (C=O) groups excluding carboxylic acids is 1. The molecule has 2 heterocycles. The van der Waals surface area contributed by atoms with Gasteiger partial charge in [-0.25, -0.2) is 4.79 Å². The first kappa shape index (κ1) is 17.6. The second kappa shape index (κ2) is 7.84. The van der Waals surface area contributed by atoms with E-state index < -0.39 is 0 Å². The summed E-state index contributed by atoms with van der Waals surface area (Å²) in [5.74, 6) is 0.833. The highest BCUT2D eigenvalue weighted by Crippen LogP contribution is 2.34. The number of rotatable bonds is 4. The highest BCUT2D eigenvalue weighted by atomic mass is 16.6. The van der Waals surface area contributed by atoms with Crippen molar-refractivity contribution in [3.05, 3.63) is 71.8 Å². The van der Waals surface area contributed by atoms with Crippen LogP contribution in [0.3, 0.4) is 0 Å². The molecule has 1 amide bonds. The second-order valence-electron chi connectivity index (χ2n) is 6.83. The van der Waals surface area contributed by atoms with Crippen molar-refractivity contribution in [1.82, 2.24) is 4.90 Å². The molecule has 2 aromatic carbocycles. The van der Waals surface area contributed by atoms with E-state index in [2.05, 4.69) is 12.1 Å². The van der Waals surface area contributed by atoms with Crippen LogP contribution in [0, 0.1) is 0 Å². The van der Waals surface area contributed by atoms with Crippen LogP contribution in [-0.4, -0.2) is 43.4 Å². The standard InChI is InChI=1S/C22H23NO4/c1-25-21-9-5-8-17(12-21)18-10-19-14-26-15-20(11-18)23(19)22(24)27-13-16-6-3-2-4-7-16/h2-10,12,19-20H,11,13-15H2,1H3. The van der Waals surface area contributed by atoms with Gasteiger partial charge in [0.25, 0.3) is 0 Å². The lowest BCUT2D eigenvalue weighted by Crippen LogP contribution is -2.56. The molecule has 0 spiro atoms. The Labute approximate surface area is 159 Å². The topological polar surface area (TPSA) is 48.0 Å². The lowest BCUT2D eigenvalue weighted by atomic mass is 9.90. The fourth-order valence-corrected chi connectivity index (χ4v) is 3.71. The summed E-state index contributed by atoms with van der Waals surface area (Å²) in [4.78, 5) is 14.6. The number of fused-ring (bicyclic) bond motifs is 2. The molecule has 2 atom stereocenters. The maximum absolute atomic E-state index is 12.7. The Morgan fingerprint density at radius 2 is 2.00 bits per heavy atom. The van der Waals surface area contributed by atoms with Gasteiger partial charge in [-0.2, -0.15) is 0 Å². The van der Waals surface area contributed by atoms with Gasteiger partial charge in [0, 0.05) is 0 Å². The Morgan fingerprint density at radius 3 is 2.78 bits per heavy atom. The molecular weight excluding hydrogens is 342 g/mol. The number of amides is 1. The zero-order chi connectivity index (χ0) is 18.6. The van der Waals surface area contributed by atoms with Gasteiger partial charge < -0.3 is 14.2 Å². The molecular formula is C22H23NO4. The molecule has 0 N–H and O–H groups in total. The monoisotopic (exact) mass is 365 g/mol. The van der Waals surface area contributed by atoms with Crippen molar-refractivity contribution in [2.75, 3.05) is 20.3 Å². The second-order valence-corrected chi connectivity index (χ2v) is 6.83. The van der Waals surface area contributed by atoms with Crippen LogP contribution in [0.15, 0.2) is 60.7 Å². The SMILES string of the molecule is COc1cccc(C2=CC3COCC(C2)N3C(=O)OCc2ccccc2)c1. The minimum atomic E-state index is -0.280. The minimum Gasteiger partial charge on any atom is -0.497 e. The molecule has 0 saturated carbocycles. The zero-order valence-electron chi connectivity index (χ0n) is 15.3. The van der Waals surface area contributed by atoms with Gasteiger partial charge in [-0.1, -0.05) is 48.5 Å². The normalized spacial score (nSPS) is 21.4. The van der Waals surface area contributed by atoms with Crippen molar-refractivity contribution in [3.63, 3.8) is 0 Å². The Morgan fingerprint density at radius 1 is 1.15 bits per heavy atom. The van der Waals surface area contributed by atoms with Crippen molar-refractivity contribution in [3.8, 4) is 5.75 Å². The summed E-state index contributed by atoms with van der Waals surface area (Å²) in [6.45, 7) is 1.30. The number of carbonyl (C=O) groups is 1. The van der Waals surface area contributed by atoms with Crippen molar-refractivity contribution < 1.29 is 19.0 Å². The van der Waals surface area contributed by atoms with Gasteiger partial charge in [-0.05, 0) is 35.3 Å². The Hall–Kier alpha value is -2.79. The highest BCUT2D eigenvalue weighted by molar-refractivity contribution is 5.75. The number of benzene rings is 2. The van der Waals surface area contributed by atoms with Gasteiger partial charge in [0.2, 0.25) is 0 Å². The molecule has 2 aromatic rings. The first-order valence-electron chi connectivity index (χ1n) is 9.16. The van der Waals surface area contributed by atoms with Crippen LogP contribution in [0.2, 0.25) is 0 Å². The van der Waals surface area contributed by atoms with Crippen molar-refractivity contribution in [2.24, 2.45) is 0 Å². The van der Waals surface area contributed by atoms with Crippen molar-refractivity contribution in [2.45, 2.75) is 25.1 Å². The van der Waals surface area contributed by atoms with Crippen LogP contribution in [0.25, 0.3) is 5.57 Å². The zero-order valence-corrected chi connectivity index (χ0v) is 15.3. The summed E-state index contributed by atoms with van der Waals surface area (Å²) < 4.78 is 16.6. The molecule has 27 heavy (non-hydrogen) atoms. The van der Waals surface area contributed by atoms with E-state index in [0.717, 1.165) is 23.3 Å². The molecule has 0 aromatic heterocycles. The lowest BCUT2D eigenvalue weighted by molar-refractivity contribution is -0.0342. The largest absolute Gasteiger partial charge is 0.497 e. The van der Waals surface area contributed by atoms with E-state index in [1.165, 1.54) is 5.57 Å². The van der Waals surface area contributed by atoms with Crippen LogP contribution < -0.4 is 4.74 Å². The Balaban J connectivity index is 1.50. The molecule has 5 heteroatoms. The molecule has 1 saturated heterocycles. The molecule has 2 bridgehead atoms. The predicted octanol–water partition coefficient (Wildman–Crippen LogP) is 3.89. The quantitative estimate of drug-likeness (QED) is 0.825. The fraction of sp³-hybridized carbons (Fsp3) is 0.318. The summed E-state index contributed by atoms with van der Waals surface area (Å²) in [6.07, 6.45) is 2.58. The third-order valence-corrected chi connectivity index (χ3v) is 5.06. The Bertz CT molecular complexity index is 833. The maximum atomic E-state index is 12.7. The molecule has 5 nitrogen and oxygen atoms in total. The van der Waals surface area contributed by atoms with Crippen LogP contribution in [0.4, 0.5) is 4.79 Å². The average Bonchev–Trinajstić information content (AvgIpc) is 2.72. The summed E-state index contributed by atoms with van der Waals surface area (Å²) in [6, 6.07) is 17.6. The van der Waals surface area contributed by atoms with E-state index in [4.69, 9.17) is 14.2 Å². The number of hydrogen-bond donors (Lipinski definition) is 0. The fourth-order valence-electron chi connectivity index (χ4n) is 3.71. The smallest absolute Gasteiger partial charge is 0.411 e. The van der Waals surface area contributed by atoms with Crippen molar-refractivity contribution >= 4 is 11.7 Å². The van der Waals surface area contributed by atoms with E-state index in [1.807, 2.05) is 53.4 Å². The summed E-state index contributed by atoms with van der Waals surface area (Å²) in [5.41, 5.74) is 3.33. The number of ether oxygens (including phenoxy) is 3. The number of methoxy groups -OCH3 is 1. The van der Waals surface area contributed by atoms with Gasteiger partial charge in [-0.15, -0.1) is 0 Å². The van der Waals surface area contributed by atoms with Gasteiger partial charge in [0.05, 0.1) is 32.4 Å². The third-order valence-electron chi connectivity index (χ3n) is 5.06. The summed E-state index contributed by atoms with van der Waals surface area (Å²) in [5, 5.41) is 0. The van der Waals surface area contributed by atoms with E-state index in [9.17, 15) is 4.79 Å². The van der Waals surface area contributed by atoms with Crippen LogP contribution in [0.1, 0.15) is 17.5 Å². The molecule has 2 unspecified atom stereocenters. The molecule has 140 valence electrons. The first-order valence-corrected chi connectivity index (χ1v) is 9.16. The molecule has 0 aliphatic carbocycles. The van der Waals surface area contributed by atoms with Gasteiger partial charge >= 0.3 is 6.09 Å². The lowest BCUT2D eigenvalue weighted by Gasteiger charge is -2.43. The van der Waals surface area contributed by atoms with Gasteiger partial charge in [0.15, 0.2) is 0 Å². The summed E-state index contributed by atoms with van der Waals surface area (Å²) in [7, 11) is 1.67. The number of hydrogen-bond acceptors (Lipinski definition) is 4. The number of nitrogens with zero attached hydrogens (tertiary/aromatic N) is 1. The maximum Gasteiger partial charge on any atom is 0.411 e. The van der Waals surface area contributed by atoms with Gasteiger partial charge in [-0.3, -0.25) is 4.90 Å². The molecule has 2 aliphatic heterocycles. The van der Waals surface area contributed by atoms with E-state index in [-0.39, 0.29) is 24.8 Å². The van der Waals surface area contributed by atoms with Crippen LogP contribution in [0.5, 0.6) is 5.75 Å². The van der Waals surface area contributed by atoms with Crippen LogP contribution in [-0.2, 0) is 16.1 Å². The minimum absolute atomic E-state index is 0.0155. The van der Waals surface area contributed by atoms with Crippen molar-refractivity contribution in [1.29, 1.82) is 0 Å². The molecule has 4 rings (SSSR count). The molecule has 0 radical (unpaired) electrons. The average molecular weight is 365 g/mol. The van der Waals surface area contributed by atoms with E-state index >= 15 is 0 Å². The first-order chi connectivity index (χ1) is 13.2. The number of morpholine rings is 1. The molecule has 1 fully saturated rings. The van der Waals surface area contributed by atoms with E-state index in [1.54, 1.807) is 7.11 Å². The highest BCUT2D eigenvalue weighted by Gasteiger charge is 2.39. The third kappa shape index (κ3) is 3.83. The Kier molecular flexibility index (Phi) is 5.12. The predicted molar refractivity (Wildman–Crippen MR) is 102 cm³/mol. The van der Waals surface area contributed by atoms with E-state index in [0.29, 0.717) is 13.2 Å².